The third-order valence-corrected chi connectivity index (χ3v) is 4.17. The molecule has 0 saturated heterocycles. The number of nitrogens with two attached hydrogens (primary N) is 1. The van der Waals surface area contributed by atoms with E-state index in [2.05, 4.69) is 21.8 Å². The summed E-state index contributed by atoms with van der Waals surface area (Å²) in [4.78, 5) is 12.0. The summed E-state index contributed by atoms with van der Waals surface area (Å²) >= 11 is 3.29. The molecule has 0 radical (unpaired) electrons. The van der Waals surface area contributed by atoms with Crippen molar-refractivity contribution in [1.29, 1.82) is 0 Å². The second-order valence-corrected chi connectivity index (χ2v) is 5.84. The molecule has 100 valence electrons. The molecule has 0 aliphatic heterocycles. The predicted octanol–water partition coefficient (Wildman–Crippen LogP) is 2.67. The van der Waals surface area contributed by atoms with Crippen molar-refractivity contribution in [2.75, 3.05) is 18.8 Å². The van der Waals surface area contributed by atoms with Crippen molar-refractivity contribution in [1.82, 2.24) is 14.9 Å². The van der Waals surface area contributed by atoms with Crippen LogP contribution in [0.1, 0.15) is 16.8 Å². The van der Waals surface area contributed by atoms with Gasteiger partial charge >= 0.3 is 0 Å². The highest BCUT2D eigenvalue weighted by Gasteiger charge is 2.07. The van der Waals surface area contributed by atoms with E-state index >= 15 is 0 Å². The molecule has 0 bridgehead atoms. The maximum atomic E-state index is 5.63. The fourth-order valence-electron chi connectivity index (χ4n) is 1.60. The Morgan fingerprint density at radius 2 is 2.22 bits per heavy atom. The Bertz CT molecular complexity index is 444. The van der Waals surface area contributed by atoms with E-state index in [1.54, 1.807) is 22.7 Å². The van der Waals surface area contributed by atoms with Crippen LogP contribution in [0.2, 0.25) is 0 Å². The Morgan fingerprint density at radius 1 is 1.39 bits per heavy atom. The van der Waals surface area contributed by atoms with E-state index < -0.39 is 0 Å². The SMILES string of the molecule is CCN(CCc1nccs1)Cc1cnc(N)s1.Cl. The number of rotatable bonds is 6. The highest BCUT2D eigenvalue weighted by Crippen LogP contribution is 2.16. The van der Waals surface area contributed by atoms with Crippen molar-refractivity contribution in [2.24, 2.45) is 0 Å². The first-order valence-electron chi connectivity index (χ1n) is 5.59. The summed E-state index contributed by atoms with van der Waals surface area (Å²) in [7, 11) is 0. The van der Waals surface area contributed by atoms with Gasteiger partial charge in [-0.2, -0.15) is 0 Å². The zero-order chi connectivity index (χ0) is 12.1. The minimum Gasteiger partial charge on any atom is -0.375 e. The molecule has 0 spiro atoms. The van der Waals surface area contributed by atoms with Crippen LogP contribution >= 0.6 is 35.1 Å². The van der Waals surface area contributed by atoms with E-state index in [9.17, 15) is 0 Å². The molecule has 0 amide bonds. The smallest absolute Gasteiger partial charge is 0.180 e. The summed E-state index contributed by atoms with van der Waals surface area (Å²) in [6.45, 7) is 5.16. The van der Waals surface area contributed by atoms with Crippen LogP contribution in [0.25, 0.3) is 0 Å². The van der Waals surface area contributed by atoms with Gasteiger partial charge < -0.3 is 5.73 Å². The second kappa shape index (κ2) is 7.68. The topological polar surface area (TPSA) is 55.0 Å². The number of hydrogen-bond donors (Lipinski definition) is 1. The predicted molar refractivity (Wildman–Crippen MR) is 80.5 cm³/mol. The Morgan fingerprint density at radius 3 is 2.78 bits per heavy atom. The normalized spacial score (nSPS) is 10.6. The molecule has 0 atom stereocenters. The van der Waals surface area contributed by atoms with Crippen LogP contribution in [0, 0.1) is 0 Å². The number of hydrogen-bond acceptors (Lipinski definition) is 6. The summed E-state index contributed by atoms with van der Waals surface area (Å²) in [5.41, 5.74) is 5.63. The summed E-state index contributed by atoms with van der Waals surface area (Å²) in [6, 6.07) is 0. The minimum atomic E-state index is 0. The molecule has 18 heavy (non-hydrogen) atoms. The van der Waals surface area contributed by atoms with Crippen molar-refractivity contribution in [3.63, 3.8) is 0 Å². The maximum absolute atomic E-state index is 5.63. The number of halogens is 1. The number of aromatic nitrogens is 2. The second-order valence-electron chi connectivity index (χ2n) is 3.71. The molecule has 2 heterocycles. The number of likely N-dealkylation sites (N-methyl/N-ethyl adjacent to an activating group) is 1. The van der Waals surface area contributed by atoms with E-state index in [4.69, 9.17) is 5.73 Å². The van der Waals surface area contributed by atoms with E-state index in [0.717, 1.165) is 26.1 Å². The van der Waals surface area contributed by atoms with Crippen LogP contribution in [-0.4, -0.2) is 28.0 Å². The average Bonchev–Trinajstić information content (AvgIpc) is 2.96. The van der Waals surface area contributed by atoms with E-state index in [0.29, 0.717) is 5.13 Å². The van der Waals surface area contributed by atoms with Gasteiger partial charge in [0.05, 0.1) is 5.01 Å². The lowest BCUT2D eigenvalue weighted by Crippen LogP contribution is -2.24. The molecule has 0 aliphatic rings. The van der Waals surface area contributed by atoms with Crippen molar-refractivity contribution in [3.8, 4) is 0 Å². The number of nitrogen functional groups attached to an aromatic ring is 1. The molecule has 0 aliphatic carbocycles. The molecule has 0 unspecified atom stereocenters. The molecular weight excluding hydrogens is 288 g/mol. The van der Waals surface area contributed by atoms with E-state index in [-0.39, 0.29) is 12.4 Å². The minimum absolute atomic E-state index is 0. The van der Waals surface area contributed by atoms with Gasteiger partial charge in [0.2, 0.25) is 0 Å². The molecule has 0 saturated carbocycles. The highest BCUT2D eigenvalue weighted by molar-refractivity contribution is 7.15. The monoisotopic (exact) mass is 304 g/mol. The lowest BCUT2D eigenvalue weighted by Gasteiger charge is -2.18. The van der Waals surface area contributed by atoms with Gasteiger partial charge in [-0.1, -0.05) is 6.92 Å². The van der Waals surface area contributed by atoms with Crippen LogP contribution in [0.5, 0.6) is 0 Å². The molecule has 2 N–H and O–H groups in total. The standard InChI is InChI=1S/C11H16N4S2.ClH/c1-2-15(5-3-10-13-4-6-16-10)8-9-7-14-11(12)17-9;/h4,6-7H,2-3,5,8H2,1H3,(H2,12,14);1H. The first-order valence-corrected chi connectivity index (χ1v) is 7.28. The number of anilines is 1. The first kappa shape index (κ1) is 15.4. The Kier molecular flexibility index (Phi) is 6.56. The van der Waals surface area contributed by atoms with Gasteiger partial charge in [0.1, 0.15) is 0 Å². The van der Waals surface area contributed by atoms with Gasteiger partial charge in [0.15, 0.2) is 5.13 Å². The molecule has 2 aromatic heterocycles. The Balaban J connectivity index is 0.00000162. The van der Waals surface area contributed by atoms with Crippen LogP contribution in [-0.2, 0) is 13.0 Å². The molecule has 7 heteroatoms. The number of thiazole rings is 2. The summed E-state index contributed by atoms with van der Waals surface area (Å²) < 4.78 is 0. The molecule has 2 aromatic rings. The molecule has 0 aromatic carbocycles. The van der Waals surface area contributed by atoms with E-state index in [1.807, 2.05) is 17.8 Å². The number of nitrogens with zero attached hydrogens (tertiary/aromatic N) is 3. The Labute approximate surface area is 121 Å². The highest BCUT2D eigenvalue weighted by atomic mass is 35.5. The summed E-state index contributed by atoms with van der Waals surface area (Å²) in [5.74, 6) is 0. The van der Waals surface area contributed by atoms with Crippen LogP contribution in [0.4, 0.5) is 5.13 Å². The Hall–Kier alpha value is -0.690. The lowest BCUT2D eigenvalue weighted by atomic mass is 10.3. The average molecular weight is 305 g/mol. The van der Waals surface area contributed by atoms with Crippen molar-refractivity contribution in [3.05, 3.63) is 27.7 Å². The molecule has 0 fully saturated rings. The van der Waals surface area contributed by atoms with Gasteiger partial charge in [0, 0.05) is 42.2 Å². The zero-order valence-electron chi connectivity index (χ0n) is 10.2. The fourth-order valence-corrected chi connectivity index (χ4v) is 2.93. The van der Waals surface area contributed by atoms with Gasteiger partial charge in [-0.05, 0) is 6.54 Å². The third-order valence-electron chi connectivity index (χ3n) is 2.52. The molecular formula is C11H17ClN4S2. The summed E-state index contributed by atoms with van der Waals surface area (Å²) in [6.07, 6.45) is 4.74. The van der Waals surface area contributed by atoms with Crippen molar-refractivity contribution in [2.45, 2.75) is 19.9 Å². The molecule has 2 rings (SSSR count). The maximum Gasteiger partial charge on any atom is 0.180 e. The lowest BCUT2D eigenvalue weighted by molar-refractivity contribution is 0.286. The molecule has 4 nitrogen and oxygen atoms in total. The fraction of sp³-hybridized carbons (Fsp3) is 0.455. The van der Waals surface area contributed by atoms with Crippen LogP contribution in [0.15, 0.2) is 17.8 Å². The van der Waals surface area contributed by atoms with Crippen LogP contribution < -0.4 is 5.73 Å². The van der Waals surface area contributed by atoms with Gasteiger partial charge in [-0.3, -0.25) is 4.90 Å². The van der Waals surface area contributed by atoms with Crippen molar-refractivity contribution >= 4 is 40.2 Å². The van der Waals surface area contributed by atoms with Crippen LogP contribution in [0.3, 0.4) is 0 Å². The first-order chi connectivity index (χ1) is 8.28. The summed E-state index contributed by atoms with van der Waals surface area (Å²) in [5, 5.41) is 3.87. The third kappa shape index (κ3) is 4.53. The quantitative estimate of drug-likeness (QED) is 0.891. The largest absolute Gasteiger partial charge is 0.375 e. The van der Waals surface area contributed by atoms with Gasteiger partial charge in [-0.15, -0.1) is 35.1 Å². The van der Waals surface area contributed by atoms with Crippen molar-refractivity contribution < 1.29 is 0 Å². The van der Waals surface area contributed by atoms with E-state index in [1.165, 1.54) is 9.88 Å². The van der Waals surface area contributed by atoms with Gasteiger partial charge in [-0.25, -0.2) is 9.97 Å². The van der Waals surface area contributed by atoms with Gasteiger partial charge in [0.25, 0.3) is 0 Å². The zero-order valence-corrected chi connectivity index (χ0v) is 12.7.